The van der Waals surface area contributed by atoms with Gasteiger partial charge in [-0.3, -0.25) is 9.59 Å². The van der Waals surface area contributed by atoms with Crippen LogP contribution in [-0.2, 0) is 30.9 Å². The lowest BCUT2D eigenvalue weighted by Crippen LogP contribution is -2.26. The van der Waals surface area contributed by atoms with Crippen molar-refractivity contribution >= 4 is 23.0 Å². The fourth-order valence-corrected chi connectivity index (χ4v) is 3.43. The average molecular weight is 427 g/mol. The first-order valence-electron chi connectivity index (χ1n) is 8.79. The zero-order chi connectivity index (χ0) is 21.5. The van der Waals surface area contributed by atoms with Crippen LogP contribution < -0.4 is 5.56 Å². The first kappa shape index (κ1) is 21.0. The van der Waals surface area contributed by atoms with Crippen molar-refractivity contribution in [2.24, 2.45) is 7.05 Å². The van der Waals surface area contributed by atoms with Gasteiger partial charge >= 0.3 is 6.18 Å². The number of rotatable bonds is 5. The molecule has 3 rings (SSSR count). The molecule has 0 aliphatic heterocycles. The Bertz CT molecular complexity index is 1150. The Balaban J connectivity index is 1.93. The minimum atomic E-state index is -4.61. The quantitative estimate of drug-likeness (QED) is 0.625. The molecule has 0 N–H and O–H groups in total. The third kappa shape index (κ3) is 4.34. The van der Waals surface area contributed by atoms with Gasteiger partial charge in [-0.15, -0.1) is 0 Å². The largest absolute Gasteiger partial charge is 0.417 e. The molecular formula is C19H18ClF3N4O2. The molecule has 0 fully saturated rings. The van der Waals surface area contributed by atoms with E-state index in [4.69, 9.17) is 11.6 Å². The van der Waals surface area contributed by atoms with E-state index in [1.165, 1.54) is 13.2 Å². The van der Waals surface area contributed by atoms with Crippen molar-refractivity contribution in [2.75, 3.05) is 0 Å². The fourth-order valence-electron chi connectivity index (χ4n) is 3.26. The van der Waals surface area contributed by atoms with Gasteiger partial charge in [0.1, 0.15) is 5.78 Å². The maximum atomic E-state index is 13.0. The van der Waals surface area contributed by atoms with Crippen LogP contribution in [0.25, 0.3) is 5.65 Å². The van der Waals surface area contributed by atoms with Crippen molar-refractivity contribution in [1.29, 1.82) is 0 Å². The molecule has 0 unspecified atom stereocenters. The summed E-state index contributed by atoms with van der Waals surface area (Å²) >= 11 is 5.94. The zero-order valence-corrected chi connectivity index (χ0v) is 16.7. The van der Waals surface area contributed by atoms with Crippen molar-refractivity contribution in [2.45, 2.75) is 38.8 Å². The summed E-state index contributed by atoms with van der Waals surface area (Å²) in [6.45, 7) is 3.84. The van der Waals surface area contributed by atoms with E-state index in [0.29, 0.717) is 17.4 Å². The lowest BCUT2D eigenvalue weighted by atomic mass is 9.98. The summed E-state index contributed by atoms with van der Waals surface area (Å²) in [4.78, 5) is 29.0. The Morgan fingerprint density at radius 3 is 2.48 bits per heavy atom. The van der Waals surface area contributed by atoms with Gasteiger partial charge in [0.15, 0.2) is 10.8 Å². The van der Waals surface area contributed by atoms with Gasteiger partial charge in [-0.2, -0.15) is 18.3 Å². The van der Waals surface area contributed by atoms with Crippen molar-refractivity contribution in [3.63, 3.8) is 0 Å². The second-order valence-corrected chi connectivity index (χ2v) is 7.51. The molecule has 0 bridgehead atoms. The minimum absolute atomic E-state index is 0.0132. The molecule has 0 radical (unpaired) electrons. The van der Waals surface area contributed by atoms with E-state index in [-0.39, 0.29) is 23.1 Å². The van der Waals surface area contributed by atoms with E-state index in [1.807, 2.05) is 13.8 Å². The molecule has 10 heteroatoms. The molecule has 0 spiro atoms. The molecule has 3 aromatic rings. The van der Waals surface area contributed by atoms with Crippen molar-refractivity contribution in [3.8, 4) is 0 Å². The Kier molecular flexibility index (Phi) is 5.53. The summed E-state index contributed by atoms with van der Waals surface area (Å²) in [5, 5.41) is 4.44. The van der Waals surface area contributed by atoms with E-state index < -0.39 is 29.5 Å². The number of fused-ring (bicyclic) bond motifs is 1. The van der Waals surface area contributed by atoms with Crippen molar-refractivity contribution in [1.82, 2.24) is 19.2 Å². The molecule has 0 atom stereocenters. The molecule has 154 valence electrons. The molecule has 0 amide bonds. The van der Waals surface area contributed by atoms with Crippen LogP contribution in [0, 0.1) is 0 Å². The summed E-state index contributed by atoms with van der Waals surface area (Å²) in [5.41, 5.74) is 0.0342. The number of nitrogens with zero attached hydrogens (tertiary/aromatic N) is 4. The van der Waals surface area contributed by atoms with Gasteiger partial charge in [-0.25, -0.2) is 9.50 Å². The summed E-state index contributed by atoms with van der Waals surface area (Å²) in [6.07, 6.45) is -2.86. The first-order valence-corrected chi connectivity index (χ1v) is 9.16. The maximum Gasteiger partial charge on any atom is 0.417 e. The highest BCUT2D eigenvalue weighted by molar-refractivity contribution is 6.29. The predicted molar refractivity (Wildman–Crippen MR) is 101 cm³/mol. The van der Waals surface area contributed by atoms with Crippen LogP contribution in [-0.4, -0.2) is 24.9 Å². The van der Waals surface area contributed by atoms with E-state index >= 15 is 0 Å². The highest BCUT2D eigenvalue weighted by Gasteiger charge is 2.32. The van der Waals surface area contributed by atoms with E-state index in [0.717, 1.165) is 16.3 Å². The number of carbonyl (C=O) groups is 1. The van der Waals surface area contributed by atoms with E-state index in [2.05, 4.69) is 10.1 Å². The summed E-state index contributed by atoms with van der Waals surface area (Å²) in [7, 11) is 1.22. The van der Waals surface area contributed by atoms with Crippen LogP contribution in [0.3, 0.4) is 0 Å². The number of alkyl halides is 3. The lowest BCUT2D eigenvalue weighted by Gasteiger charge is -2.14. The SMILES string of the molecule is CC(C)c1c(CC(=O)Cc2cc(C(F)(F)F)cn(C)c2=O)cnc2cc(Cl)nn12. The van der Waals surface area contributed by atoms with Crippen LogP contribution in [0.2, 0.25) is 5.15 Å². The van der Waals surface area contributed by atoms with E-state index in [9.17, 15) is 22.8 Å². The Hall–Kier alpha value is -2.68. The van der Waals surface area contributed by atoms with Crippen LogP contribution in [0.1, 0.15) is 42.1 Å². The second-order valence-electron chi connectivity index (χ2n) is 7.12. The monoisotopic (exact) mass is 426 g/mol. The number of carbonyl (C=O) groups excluding carboxylic acids is 1. The van der Waals surface area contributed by atoms with E-state index in [1.54, 1.807) is 10.6 Å². The zero-order valence-electron chi connectivity index (χ0n) is 15.9. The van der Waals surface area contributed by atoms with Gasteiger partial charge in [0.2, 0.25) is 0 Å². The van der Waals surface area contributed by atoms with Gasteiger partial charge in [0.25, 0.3) is 5.56 Å². The van der Waals surface area contributed by atoms with Gasteiger partial charge in [0, 0.05) is 43.9 Å². The van der Waals surface area contributed by atoms with Crippen LogP contribution in [0.5, 0.6) is 0 Å². The smallest absolute Gasteiger partial charge is 0.318 e. The molecular weight excluding hydrogens is 409 g/mol. The predicted octanol–water partition coefficient (Wildman–Crippen LogP) is 3.58. The second kappa shape index (κ2) is 7.62. The molecule has 0 aliphatic rings. The van der Waals surface area contributed by atoms with Gasteiger partial charge < -0.3 is 4.57 Å². The maximum absolute atomic E-state index is 13.0. The minimum Gasteiger partial charge on any atom is -0.318 e. The standard InChI is InChI=1S/C19H18ClF3N4O2/c1-10(2)17-12(8-24-16-7-15(20)25-27(16)17)6-14(28)5-11-4-13(19(21,22)23)9-26(3)18(11)29/h4,7-10H,5-6H2,1-3H3. The third-order valence-electron chi connectivity index (χ3n) is 4.48. The molecule has 29 heavy (non-hydrogen) atoms. The van der Waals surface area contributed by atoms with Crippen molar-refractivity contribution < 1.29 is 18.0 Å². The molecule has 0 aliphatic carbocycles. The normalized spacial score (nSPS) is 12.1. The molecule has 3 heterocycles. The summed E-state index contributed by atoms with van der Waals surface area (Å²) in [6, 6.07) is 2.32. The average Bonchev–Trinajstić information content (AvgIpc) is 2.97. The lowest BCUT2D eigenvalue weighted by molar-refractivity contribution is -0.138. The number of aromatic nitrogens is 4. The number of Topliss-reactive ketones (excluding diaryl/α,β-unsaturated/α-hetero) is 1. The van der Waals surface area contributed by atoms with Crippen LogP contribution >= 0.6 is 11.6 Å². The molecule has 0 aromatic carbocycles. The number of hydrogen-bond donors (Lipinski definition) is 0. The topological polar surface area (TPSA) is 69.3 Å². The Labute approximate surface area is 168 Å². The Morgan fingerprint density at radius 1 is 1.21 bits per heavy atom. The van der Waals surface area contributed by atoms with Gasteiger partial charge in [-0.05, 0) is 17.5 Å². The summed E-state index contributed by atoms with van der Waals surface area (Å²) < 4.78 is 41.5. The summed E-state index contributed by atoms with van der Waals surface area (Å²) in [5.74, 6) is -0.413. The van der Waals surface area contributed by atoms with Gasteiger partial charge in [0.05, 0.1) is 11.3 Å². The van der Waals surface area contributed by atoms with Crippen molar-refractivity contribution in [3.05, 3.63) is 62.4 Å². The van der Waals surface area contributed by atoms with Crippen LogP contribution in [0.15, 0.2) is 29.3 Å². The van der Waals surface area contributed by atoms with Crippen LogP contribution in [0.4, 0.5) is 13.2 Å². The Morgan fingerprint density at radius 2 is 1.86 bits per heavy atom. The number of hydrogen-bond acceptors (Lipinski definition) is 4. The third-order valence-corrected chi connectivity index (χ3v) is 4.66. The first-order chi connectivity index (χ1) is 13.5. The number of ketones is 1. The molecule has 3 aromatic heterocycles. The highest BCUT2D eigenvalue weighted by atomic mass is 35.5. The number of aryl methyl sites for hydroxylation is 1. The highest BCUT2D eigenvalue weighted by Crippen LogP contribution is 2.29. The van der Waals surface area contributed by atoms with Gasteiger partial charge in [-0.1, -0.05) is 25.4 Å². The molecule has 0 saturated carbocycles. The molecule has 0 saturated heterocycles. The fraction of sp³-hybridized carbons (Fsp3) is 0.368. The number of halogens is 4. The molecule has 6 nitrogen and oxygen atoms in total. The number of pyridine rings is 1.